The second kappa shape index (κ2) is 19.8. The average molecular weight is 1080 g/mol. The first-order chi connectivity index (χ1) is 41.1. The molecule has 0 radical (unpaired) electrons. The zero-order chi connectivity index (χ0) is 54.8. The number of para-hydroxylation sites is 4. The quantitative estimate of drug-likeness (QED) is 0.128. The Morgan fingerprint density at radius 1 is 0.253 bits per heavy atom. The largest absolute Gasteiger partial charge is 0.456 e. The van der Waals surface area contributed by atoms with Gasteiger partial charge in [-0.1, -0.05) is 231 Å². The lowest BCUT2D eigenvalue weighted by molar-refractivity contribution is 0.669. The Bertz CT molecular complexity index is 4640. The Labute approximate surface area is 482 Å². The van der Waals surface area contributed by atoms with Crippen molar-refractivity contribution in [3.63, 3.8) is 0 Å². The maximum absolute atomic E-state index is 6.84. The van der Waals surface area contributed by atoms with Crippen LogP contribution in [-0.2, 0) is 0 Å². The van der Waals surface area contributed by atoms with E-state index >= 15 is 0 Å². The molecule has 390 valence electrons. The number of hydrogen-bond acceptors (Lipinski definition) is 4. The SMILES string of the molecule is c1ccc(-c2ccc(-c3ccc(N(c4ccc(-c5ccc(-c6ccccc6)cc5)cc4)c4ccc5c(c4)[Si](c4ccc6c(c4)oc4ccccc46)(c4ccc6c(c4)oc4ccccc46)c4ccccc4N5c4ccccc4)cc3)cc2)cc1. The first kappa shape index (κ1) is 48.2. The minimum Gasteiger partial charge on any atom is -0.456 e. The van der Waals surface area contributed by atoms with Gasteiger partial charge in [0.25, 0.3) is 0 Å². The van der Waals surface area contributed by atoms with Gasteiger partial charge in [0.05, 0.1) is 0 Å². The molecule has 0 bridgehead atoms. The summed E-state index contributed by atoms with van der Waals surface area (Å²) >= 11 is 0. The smallest absolute Gasteiger partial charge is 0.184 e. The molecule has 0 saturated heterocycles. The van der Waals surface area contributed by atoms with Crippen molar-refractivity contribution in [2.45, 2.75) is 0 Å². The molecule has 0 amide bonds. The van der Waals surface area contributed by atoms with Crippen LogP contribution >= 0.6 is 0 Å². The van der Waals surface area contributed by atoms with Crippen LogP contribution in [-0.4, -0.2) is 8.07 Å². The zero-order valence-electron chi connectivity index (χ0n) is 45.2. The fraction of sp³-hybridized carbons (Fsp3) is 0. The minimum atomic E-state index is -3.42. The number of hydrogen-bond donors (Lipinski definition) is 0. The number of rotatable bonds is 10. The Kier molecular flexibility index (Phi) is 11.5. The van der Waals surface area contributed by atoms with Crippen molar-refractivity contribution >= 4 is 107 Å². The molecule has 1 aliphatic rings. The van der Waals surface area contributed by atoms with E-state index in [1.165, 1.54) is 43.0 Å². The van der Waals surface area contributed by atoms with Crippen molar-refractivity contribution in [3.05, 3.63) is 315 Å². The molecule has 0 N–H and O–H groups in total. The van der Waals surface area contributed by atoms with Crippen LogP contribution < -0.4 is 30.5 Å². The predicted octanol–water partition coefficient (Wildman–Crippen LogP) is 18.8. The Balaban J connectivity index is 0.922. The van der Waals surface area contributed by atoms with Crippen LogP contribution in [0.15, 0.2) is 324 Å². The zero-order valence-corrected chi connectivity index (χ0v) is 46.2. The molecule has 0 fully saturated rings. The van der Waals surface area contributed by atoms with Gasteiger partial charge in [0.15, 0.2) is 8.07 Å². The van der Waals surface area contributed by atoms with Crippen LogP contribution in [0.5, 0.6) is 0 Å². The van der Waals surface area contributed by atoms with Crippen LogP contribution in [0.25, 0.3) is 88.4 Å². The van der Waals surface area contributed by atoms with Gasteiger partial charge in [-0.05, 0) is 150 Å². The topological polar surface area (TPSA) is 32.8 Å². The molecule has 83 heavy (non-hydrogen) atoms. The second-order valence-electron chi connectivity index (χ2n) is 21.6. The Morgan fingerprint density at radius 2 is 0.614 bits per heavy atom. The van der Waals surface area contributed by atoms with Gasteiger partial charge in [0.1, 0.15) is 22.3 Å². The average Bonchev–Trinajstić information content (AvgIpc) is 1.49. The maximum atomic E-state index is 6.84. The lowest BCUT2D eigenvalue weighted by atomic mass is 9.99. The predicted molar refractivity (Wildman–Crippen MR) is 349 cm³/mol. The van der Waals surface area contributed by atoms with E-state index in [1.807, 2.05) is 0 Å². The summed E-state index contributed by atoms with van der Waals surface area (Å²) in [4.78, 5) is 4.90. The van der Waals surface area contributed by atoms with Gasteiger partial charge in [0, 0.05) is 55.7 Å². The van der Waals surface area contributed by atoms with Gasteiger partial charge >= 0.3 is 0 Å². The van der Waals surface area contributed by atoms with E-state index in [0.717, 1.165) is 100 Å². The molecule has 5 heteroatoms. The summed E-state index contributed by atoms with van der Waals surface area (Å²) in [6.45, 7) is 0. The molecule has 4 nitrogen and oxygen atoms in total. The molecule has 15 aromatic rings. The molecule has 0 saturated carbocycles. The van der Waals surface area contributed by atoms with Crippen LogP contribution in [0.1, 0.15) is 0 Å². The molecule has 0 aliphatic carbocycles. The summed E-state index contributed by atoms with van der Waals surface area (Å²) in [6, 6.07) is 115. The third-order valence-electron chi connectivity index (χ3n) is 17.0. The van der Waals surface area contributed by atoms with Crippen molar-refractivity contribution < 1.29 is 8.83 Å². The highest BCUT2D eigenvalue weighted by atomic mass is 28.3. The number of furan rings is 2. The van der Waals surface area contributed by atoms with E-state index in [0.29, 0.717) is 0 Å². The molecular weight excluding hydrogens is 1020 g/mol. The molecule has 13 aromatic carbocycles. The van der Waals surface area contributed by atoms with Gasteiger partial charge < -0.3 is 18.6 Å². The summed E-state index contributed by atoms with van der Waals surface area (Å²) in [5.74, 6) is 0. The minimum absolute atomic E-state index is 0.868. The molecule has 3 heterocycles. The molecule has 0 atom stereocenters. The Morgan fingerprint density at radius 3 is 1.10 bits per heavy atom. The van der Waals surface area contributed by atoms with E-state index in [2.05, 4.69) is 325 Å². The van der Waals surface area contributed by atoms with Gasteiger partial charge in [-0.15, -0.1) is 0 Å². The van der Waals surface area contributed by atoms with Crippen molar-refractivity contribution in [1.29, 1.82) is 0 Å². The van der Waals surface area contributed by atoms with Gasteiger partial charge in [0.2, 0.25) is 0 Å². The van der Waals surface area contributed by atoms with Crippen molar-refractivity contribution in [2.24, 2.45) is 0 Å². The summed E-state index contributed by atoms with van der Waals surface area (Å²) in [5, 5.41) is 9.37. The van der Waals surface area contributed by atoms with Crippen LogP contribution in [0.2, 0.25) is 0 Å². The first-order valence-electron chi connectivity index (χ1n) is 28.4. The summed E-state index contributed by atoms with van der Waals surface area (Å²) in [6.07, 6.45) is 0. The van der Waals surface area contributed by atoms with Crippen LogP contribution in [0, 0.1) is 0 Å². The number of anilines is 6. The van der Waals surface area contributed by atoms with Gasteiger partial charge in [-0.3, -0.25) is 0 Å². The highest BCUT2D eigenvalue weighted by Crippen LogP contribution is 2.44. The van der Waals surface area contributed by atoms with E-state index in [1.54, 1.807) is 0 Å². The van der Waals surface area contributed by atoms with E-state index in [-0.39, 0.29) is 0 Å². The van der Waals surface area contributed by atoms with Crippen LogP contribution in [0.3, 0.4) is 0 Å². The third-order valence-corrected chi connectivity index (χ3v) is 21.8. The van der Waals surface area contributed by atoms with Crippen LogP contribution in [0.4, 0.5) is 34.1 Å². The highest BCUT2D eigenvalue weighted by Gasteiger charge is 2.50. The lowest BCUT2D eigenvalue weighted by Gasteiger charge is -2.45. The number of benzene rings is 13. The molecular formula is C78H52N2O2Si. The Hall–Kier alpha value is -10.7. The molecule has 2 aromatic heterocycles. The molecule has 1 aliphatic heterocycles. The molecule has 16 rings (SSSR count). The lowest BCUT2D eigenvalue weighted by Crippen LogP contribution is -2.77. The van der Waals surface area contributed by atoms with Gasteiger partial charge in [-0.25, -0.2) is 0 Å². The van der Waals surface area contributed by atoms with E-state index in [4.69, 9.17) is 8.83 Å². The van der Waals surface area contributed by atoms with E-state index < -0.39 is 8.07 Å². The summed E-state index contributed by atoms with van der Waals surface area (Å²) in [7, 11) is -3.42. The van der Waals surface area contributed by atoms with E-state index in [9.17, 15) is 0 Å². The number of nitrogens with zero attached hydrogens (tertiary/aromatic N) is 2. The summed E-state index contributed by atoms with van der Waals surface area (Å²) < 4.78 is 13.7. The fourth-order valence-electron chi connectivity index (χ4n) is 13.0. The standard InChI is InChI=1S/C78H52N2O2Si/c1-4-16-53(17-5-1)55-28-32-57(33-29-55)59-36-40-62(41-37-59)79(63-42-38-60(39-43-63)58-34-30-56(31-35-58)54-18-6-2-7-19-54)64-44-49-72-78(50-64)83(65-45-47-69-67-22-10-13-25-73(67)81-75(69)51-65,66-46-48-70-68-23-11-14-26-74(68)82-76(70)52-66)77-27-15-12-24-71(77)80(72)61-20-8-3-9-21-61/h1-52H. The maximum Gasteiger partial charge on any atom is 0.184 e. The fourth-order valence-corrected chi connectivity index (χ4v) is 18.1. The first-order valence-corrected chi connectivity index (χ1v) is 30.4. The van der Waals surface area contributed by atoms with Crippen molar-refractivity contribution in [2.75, 3.05) is 9.80 Å². The normalized spacial score (nSPS) is 12.7. The molecule has 0 spiro atoms. The summed E-state index contributed by atoms with van der Waals surface area (Å²) in [5.41, 5.74) is 19.4. The highest BCUT2D eigenvalue weighted by molar-refractivity contribution is 7.21. The third kappa shape index (κ3) is 8.12. The van der Waals surface area contributed by atoms with Crippen molar-refractivity contribution in [3.8, 4) is 44.5 Å². The monoisotopic (exact) mass is 1080 g/mol. The second-order valence-corrected chi connectivity index (χ2v) is 25.3. The molecule has 0 unspecified atom stereocenters. The van der Waals surface area contributed by atoms with Gasteiger partial charge in [-0.2, -0.15) is 0 Å². The number of fused-ring (bicyclic) bond motifs is 8. The van der Waals surface area contributed by atoms with Crippen molar-refractivity contribution in [1.82, 2.24) is 0 Å².